The number of carbonyl (C=O) groups is 2. The highest BCUT2D eigenvalue weighted by Gasteiger charge is 2.36. The fourth-order valence-electron chi connectivity index (χ4n) is 7.45. The van der Waals surface area contributed by atoms with Crippen molar-refractivity contribution < 1.29 is 27.5 Å². The maximum Gasteiger partial charge on any atom is 0.254 e. The van der Waals surface area contributed by atoms with Crippen LogP contribution in [-0.4, -0.2) is 80.9 Å². The normalized spacial score (nSPS) is 17.4. The first-order chi connectivity index (χ1) is 25.1. The van der Waals surface area contributed by atoms with Gasteiger partial charge in [-0.15, -0.1) is 0 Å². The van der Waals surface area contributed by atoms with Gasteiger partial charge in [0.2, 0.25) is 15.9 Å². The molecular weight excluding hydrogens is 702 g/mol. The molecule has 2 unspecified atom stereocenters. The molecule has 52 heavy (non-hydrogen) atoms. The van der Waals surface area contributed by atoms with E-state index >= 15 is 0 Å². The summed E-state index contributed by atoms with van der Waals surface area (Å²) in [6.45, 7) is 2.88. The van der Waals surface area contributed by atoms with Crippen LogP contribution in [-0.2, 0) is 14.8 Å². The molecule has 2 heterocycles. The first-order valence-electron chi connectivity index (χ1n) is 17.8. The average Bonchev–Trinajstić information content (AvgIpc) is 3.15. The molecule has 0 radical (unpaired) electrons. The Labute approximate surface area is 310 Å². The molecule has 1 aliphatic heterocycles. The number of hydrogen-bond acceptors (Lipinski definition) is 8. The van der Waals surface area contributed by atoms with Crippen LogP contribution in [0, 0.1) is 12.8 Å². The average molecular weight is 748 g/mol. The van der Waals surface area contributed by atoms with Gasteiger partial charge in [-0.2, -0.15) is 4.31 Å². The van der Waals surface area contributed by atoms with Gasteiger partial charge in [0, 0.05) is 66.0 Å². The molecular formula is C39H46ClN5O6S. The fraction of sp³-hybridized carbons (Fsp3) is 0.410. The third kappa shape index (κ3) is 8.46. The van der Waals surface area contributed by atoms with Crippen LogP contribution in [0.3, 0.4) is 0 Å². The molecule has 2 fully saturated rings. The Hall–Kier alpha value is -4.39. The number of amides is 2. The number of nitrogens with zero attached hydrogens (tertiary/aromatic N) is 3. The second-order valence-corrected chi connectivity index (χ2v) is 15.8. The van der Waals surface area contributed by atoms with Crippen LogP contribution in [0.4, 0.5) is 11.4 Å². The molecule has 276 valence electrons. The third-order valence-electron chi connectivity index (χ3n) is 10.1. The van der Waals surface area contributed by atoms with E-state index in [1.165, 1.54) is 49.9 Å². The van der Waals surface area contributed by atoms with Gasteiger partial charge in [-0.3, -0.25) is 14.6 Å². The van der Waals surface area contributed by atoms with Crippen molar-refractivity contribution in [2.75, 3.05) is 51.0 Å². The molecule has 1 saturated heterocycles. The summed E-state index contributed by atoms with van der Waals surface area (Å²) in [7, 11) is -0.989. The SMILES string of the molecule is COc1ccc(S(=O)(=O)N(CCNc2cc(C)nc3ccc(Cl)cc23)CCC(=O)Nc2ccc(C(=O)N3CCCC4CCCCC43)cc2OC)cc1. The van der Waals surface area contributed by atoms with Gasteiger partial charge in [-0.25, -0.2) is 8.42 Å². The van der Waals surface area contributed by atoms with E-state index in [2.05, 4.69) is 15.6 Å². The lowest BCUT2D eigenvalue weighted by Gasteiger charge is -2.44. The number of sulfonamides is 1. The van der Waals surface area contributed by atoms with Crippen molar-refractivity contribution in [3.8, 4) is 11.5 Å². The van der Waals surface area contributed by atoms with E-state index in [4.69, 9.17) is 21.1 Å². The van der Waals surface area contributed by atoms with Gasteiger partial charge in [0.1, 0.15) is 11.5 Å². The molecule has 6 rings (SSSR count). The minimum atomic E-state index is -4.00. The second-order valence-electron chi connectivity index (χ2n) is 13.4. The van der Waals surface area contributed by atoms with Gasteiger partial charge in [0.25, 0.3) is 5.91 Å². The summed E-state index contributed by atoms with van der Waals surface area (Å²) in [6.07, 6.45) is 6.65. The van der Waals surface area contributed by atoms with Crippen LogP contribution in [0.2, 0.25) is 5.02 Å². The Balaban J connectivity index is 1.15. The summed E-state index contributed by atoms with van der Waals surface area (Å²) in [4.78, 5) is 33.7. The first kappa shape index (κ1) is 37.4. The predicted molar refractivity (Wildman–Crippen MR) is 204 cm³/mol. The summed E-state index contributed by atoms with van der Waals surface area (Å²) in [5.74, 6) is 1.05. The predicted octanol–water partition coefficient (Wildman–Crippen LogP) is 7.14. The van der Waals surface area contributed by atoms with Crippen LogP contribution in [0.1, 0.15) is 61.0 Å². The van der Waals surface area contributed by atoms with Gasteiger partial charge in [-0.1, -0.05) is 24.4 Å². The Kier molecular flexibility index (Phi) is 11.9. The minimum Gasteiger partial charge on any atom is -0.497 e. The number of hydrogen-bond donors (Lipinski definition) is 2. The molecule has 3 aromatic carbocycles. The molecule has 2 amide bonds. The zero-order valence-electron chi connectivity index (χ0n) is 29.9. The van der Waals surface area contributed by atoms with E-state index in [-0.39, 0.29) is 42.9 Å². The molecule has 1 aromatic heterocycles. The van der Waals surface area contributed by atoms with Gasteiger partial charge in [0.05, 0.1) is 30.3 Å². The smallest absolute Gasteiger partial charge is 0.254 e. The summed E-state index contributed by atoms with van der Waals surface area (Å²) in [5, 5.41) is 7.60. The van der Waals surface area contributed by atoms with Crippen molar-refractivity contribution in [2.45, 2.75) is 62.8 Å². The van der Waals surface area contributed by atoms with Crippen molar-refractivity contribution in [2.24, 2.45) is 5.92 Å². The number of carbonyl (C=O) groups excluding carboxylic acids is 2. The summed E-state index contributed by atoms with van der Waals surface area (Å²) < 4.78 is 40.0. The lowest BCUT2D eigenvalue weighted by molar-refractivity contribution is -0.116. The third-order valence-corrected chi connectivity index (χ3v) is 12.2. The van der Waals surface area contributed by atoms with E-state index in [1.54, 1.807) is 36.4 Å². The van der Waals surface area contributed by atoms with Crippen molar-refractivity contribution >= 4 is 55.7 Å². The quantitative estimate of drug-likeness (QED) is 0.148. The van der Waals surface area contributed by atoms with E-state index in [9.17, 15) is 18.0 Å². The number of benzene rings is 3. The lowest BCUT2D eigenvalue weighted by Crippen LogP contribution is -2.49. The van der Waals surface area contributed by atoms with E-state index in [1.807, 2.05) is 30.0 Å². The second kappa shape index (κ2) is 16.5. The highest BCUT2D eigenvalue weighted by atomic mass is 35.5. The number of fused-ring (bicyclic) bond motifs is 2. The van der Waals surface area contributed by atoms with Gasteiger partial charge >= 0.3 is 0 Å². The number of pyridine rings is 1. The maximum absolute atomic E-state index is 13.9. The molecule has 4 aromatic rings. The maximum atomic E-state index is 13.9. The first-order valence-corrected chi connectivity index (χ1v) is 19.6. The highest BCUT2D eigenvalue weighted by molar-refractivity contribution is 7.89. The molecule has 2 N–H and O–H groups in total. The Bertz CT molecular complexity index is 2020. The number of aromatic nitrogens is 1. The number of methoxy groups -OCH3 is 2. The zero-order valence-corrected chi connectivity index (χ0v) is 31.4. The fourth-order valence-corrected chi connectivity index (χ4v) is 9.06. The number of anilines is 2. The van der Waals surface area contributed by atoms with Crippen molar-refractivity contribution in [1.82, 2.24) is 14.2 Å². The monoisotopic (exact) mass is 747 g/mol. The summed E-state index contributed by atoms with van der Waals surface area (Å²) in [6, 6.07) is 18.8. The van der Waals surface area contributed by atoms with Crippen LogP contribution in [0.25, 0.3) is 10.9 Å². The van der Waals surface area contributed by atoms with Crippen LogP contribution < -0.4 is 20.1 Å². The van der Waals surface area contributed by atoms with Crippen LogP contribution >= 0.6 is 11.6 Å². The molecule has 0 spiro atoms. The number of piperidine rings is 1. The zero-order chi connectivity index (χ0) is 36.8. The van der Waals surface area contributed by atoms with Crippen molar-refractivity contribution in [3.05, 3.63) is 83.0 Å². The summed E-state index contributed by atoms with van der Waals surface area (Å²) >= 11 is 6.27. The number of aryl methyl sites for hydroxylation is 1. The van der Waals surface area contributed by atoms with Gasteiger partial charge < -0.3 is 25.0 Å². The number of nitrogens with one attached hydrogen (secondary N) is 2. The van der Waals surface area contributed by atoms with E-state index in [0.717, 1.165) is 48.1 Å². The highest BCUT2D eigenvalue weighted by Crippen LogP contribution is 2.37. The number of likely N-dealkylation sites (tertiary alicyclic amines) is 1. The molecule has 11 nitrogen and oxygen atoms in total. The number of ether oxygens (including phenoxy) is 2. The lowest BCUT2D eigenvalue weighted by atomic mass is 9.78. The molecule has 0 bridgehead atoms. The Morgan fingerprint density at radius 2 is 1.69 bits per heavy atom. The van der Waals surface area contributed by atoms with Crippen LogP contribution in [0.15, 0.2) is 71.6 Å². The number of halogens is 1. The van der Waals surface area contributed by atoms with Crippen LogP contribution in [0.5, 0.6) is 11.5 Å². The van der Waals surface area contributed by atoms with Crippen molar-refractivity contribution in [1.29, 1.82) is 0 Å². The molecule has 1 aliphatic carbocycles. The van der Waals surface area contributed by atoms with Crippen molar-refractivity contribution in [3.63, 3.8) is 0 Å². The molecule has 1 saturated carbocycles. The van der Waals surface area contributed by atoms with E-state index < -0.39 is 15.9 Å². The van der Waals surface area contributed by atoms with Gasteiger partial charge in [-0.05, 0) is 105 Å². The molecule has 13 heteroatoms. The standard InChI is InChI=1S/C39H46ClN5O6S/c1-26-23-35(32-25-29(40)11-17-33(32)42-26)41-19-22-44(52(48,49)31-14-12-30(50-2)13-15-31)21-18-38(46)43-34-16-10-28(24-37(34)51-3)39(47)45-20-6-8-27-7-4-5-9-36(27)45/h10-17,23-25,27,36H,4-9,18-22H2,1-3H3,(H,41,42)(H,43,46). The number of rotatable bonds is 13. The molecule has 2 atom stereocenters. The molecule has 2 aliphatic rings. The van der Waals surface area contributed by atoms with Gasteiger partial charge in [0.15, 0.2) is 0 Å². The summed E-state index contributed by atoms with van der Waals surface area (Å²) in [5.41, 5.74) is 3.27. The Morgan fingerprint density at radius 3 is 2.46 bits per heavy atom. The van der Waals surface area contributed by atoms with E-state index in [0.29, 0.717) is 33.7 Å². The largest absolute Gasteiger partial charge is 0.497 e. The topological polar surface area (TPSA) is 130 Å². The minimum absolute atomic E-state index is 0.0150. The Morgan fingerprint density at radius 1 is 0.923 bits per heavy atom.